The molecule has 0 saturated carbocycles. The van der Waals surface area contributed by atoms with Crippen LogP contribution in [-0.4, -0.2) is 30.4 Å². The van der Waals surface area contributed by atoms with Crippen molar-refractivity contribution < 1.29 is 9.84 Å². The molecule has 0 spiro atoms. The standard InChI is InChI=1S/C13H21NO2/c1-11(2)14-8-13(15)10-16-9-12-6-4-3-5-7-12/h3-7,11,13-15H,8-10H2,1-2H3/t13-/m0/s1. The lowest BCUT2D eigenvalue weighted by atomic mass is 10.2. The molecular weight excluding hydrogens is 202 g/mol. The van der Waals surface area contributed by atoms with Crippen molar-refractivity contribution in [1.29, 1.82) is 0 Å². The second-order valence-corrected chi connectivity index (χ2v) is 4.22. The summed E-state index contributed by atoms with van der Waals surface area (Å²) in [7, 11) is 0. The maximum absolute atomic E-state index is 9.59. The number of rotatable bonds is 7. The molecule has 3 nitrogen and oxygen atoms in total. The molecule has 0 saturated heterocycles. The first-order chi connectivity index (χ1) is 7.68. The molecule has 16 heavy (non-hydrogen) atoms. The first-order valence-corrected chi connectivity index (χ1v) is 5.71. The SMILES string of the molecule is CC(C)NC[C@H](O)COCc1ccccc1. The van der Waals surface area contributed by atoms with Crippen LogP contribution in [0, 0.1) is 0 Å². The Morgan fingerprint density at radius 2 is 1.94 bits per heavy atom. The lowest BCUT2D eigenvalue weighted by molar-refractivity contribution is 0.0281. The van der Waals surface area contributed by atoms with Gasteiger partial charge in [-0.05, 0) is 5.56 Å². The van der Waals surface area contributed by atoms with Crippen LogP contribution in [0.2, 0.25) is 0 Å². The summed E-state index contributed by atoms with van der Waals surface area (Å²) in [4.78, 5) is 0. The Kier molecular flexibility index (Phi) is 6.08. The quantitative estimate of drug-likeness (QED) is 0.737. The number of aliphatic hydroxyl groups is 1. The van der Waals surface area contributed by atoms with Crippen molar-refractivity contribution in [2.45, 2.75) is 32.6 Å². The van der Waals surface area contributed by atoms with Crippen LogP contribution in [0.15, 0.2) is 30.3 Å². The highest BCUT2D eigenvalue weighted by Gasteiger charge is 2.04. The van der Waals surface area contributed by atoms with Crippen LogP contribution in [0.25, 0.3) is 0 Å². The molecule has 1 aromatic rings. The molecule has 0 aromatic heterocycles. The van der Waals surface area contributed by atoms with Gasteiger partial charge in [0.15, 0.2) is 0 Å². The van der Waals surface area contributed by atoms with Crippen LogP contribution in [0.1, 0.15) is 19.4 Å². The number of aliphatic hydroxyl groups excluding tert-OH is 1. The highest BCUT2D eigenvalue weighted by Crippen LogP contribution is 2.00. The van der Waals surface area contributed by atoms with Crippen molar-refractivity contribution in [3.63, 3.8) is 0 Å². The molecule has 1 rings (SSSR count). The monoisotopic (exact) mass is 223 g/mol. The van der Waals surface area contributed by atoms with Gasteiger partial charge in [0.25, 0.3) is 0 Å². The summed E-state index contributed by atoms with van der Waals surface area (Å²) in [5, 5.41) is 12.8. The molecule has 0 unspecified atom stereocenters. The third kappa shape index (κ3) is 5.85. The Balaban J connectivity index is 2.11. The van der Waals surface area contributed by atoms with Gasteiger partial charge in [-0.25, -0.2) is 0 Å². The Morgan fingerprint density at radius 1 is 1.25 bits per heavy atom. The lowest BCUT2D eigenvalue weighted by Crippen LogP contribution is -2.34. The summed E-state index contributed by atoms with van der Waals surface area (Å²) in [5.74, 6) is 0. The molecule has 0 aliphatic carbocycles. The van der Waals surface area contributed by atoms with E-state index in [1.807, 2.05) is 30.3 Å². The normalized spacial score (nSPS) is 13.0. The highest BCUT2D eigenvalue weighted by molar-refractivity contribution is 5.13. The van der Waals surface area contributed by atoms with Gasteiger partial charge in [-0.15, -0.1) is 0 Å². The van der Waals surface area contributed by atoms with E-state index in [9.17, 15) is 5.11 Å². The minimum atomic E-state index is -0.439. The summed E-state index contributed by atoms with van der Waals surface area (Å²) in [6, 6.07) is 10.4. The zero-order valence-corrected chi connectivity index (χ0v) is 10.0. The summed E-state index contributed by atoms with van der Waals surface area (Å²) < 4.78 is 5.42. The number of hydrogen-bond donors (Lipinski definition) is 2. The van der Waals surface area contributed by atoms with Crippen molar-refractivity contribution in [2.75, 3.05) is 13.2 Å². The van der Waals surface area contributed by atoms with Crippen LogP contribution in [0.3, 0.4) is 0 Å². The van der Waals surface area contributed by atoms with Gasteiger partial charge in [0, 0.05) is 12.6 Å². The van der Waals surface area contributed by atoms with Crippen LogP contribution in [0.4, 0.5) is 0 Å². The van der Waals surface area contributed by atoms with Crippen molar-refractivity contribution in [3.05, 3.63) is 35.9 Å². The molecule has 0 radical (unpaired) electrons. The lowest BCUT2D eigenvalue weighted by Gasteiger charge is -2.14. The van der Waals surface area contributed by atoms with E-state index in [0.29, 0.717) is 25.8 Å². The Bertz CT molecular complexity index is 275. The first kappa shape index (κ1) is 13.2. The zero-order chi connectivity index (χ0) is 11.8. The highest BCUT2D eigenvalue weighted by atomic mass is 16.5. The van der Waals surface area contributed by atoms with Crippen LogP contribution >= 0.6 is 0 Å². The molecule has 0 amide bonds. The van der Waals surface area contributed by atoms with Gasteiger partial charge in [-0.1, -0.05) is 44.2 Å². The second-order valence-electron chi connectivity index (χ2n) is 4.22. The van der Waals surface area contributed by atoms with E-state index in [1.54, 1.807) is 0 Å². The van der Waals surface area contributed by atoms with Gasteiger partial charge in [0.05, 0.1) is 19.3 Å². The third-order valence-electron chi connectivity index (χ3n) is 2.18. The summed E-state index contributed by atoms with van der Waals surface area (Å²) in [6.07, 6.45) is -0.439. The van der Waals surface area contributed by atoms with Crippen LogP contribution in [0.5, 0.6) is 0 Å². The minimum absolute atomic E-state index is 0.370. The van der Waals surface area contributed by atoms with Gasteiger partial charge >= 0.3 is 0 Å². The molecule has 0 aliphatic rings. The van der Waals surface area contributed by atoms with E-state index in [-0.39, 0.29) is 0 Å². The van der Waals surface area contributed by atoms with E-state index in [4.69, 9.17) is 4.74 Å². The molecule has 1 atom stereocenters. The smallest absolute Gasteiger partial charge is 0.0897 e. The molecule has 0 bridgehead atoms. The zero-order valence-electron chi connectivity index (χ0n) is 10.0. The fourth-order valence-electron chi connectivity index (χ4n) is 1.32. The molecule has 0 aliphatic heterocycles. The topological polar surface area (TPSA) is 41.5 Å². The third-order valence-corrected chi connectivity index (χ3v) is 2.18. The van der Waals surface area contributed by atoms with E-state index < -0.39 is 6.10 Å². The van der Waals surface area contributed by atoms with Gasteiger partial charge < -0.3 is 15.2 Å². The van der Waals surface area contributed by atoms with Crippen molar-refractivity contribution >= 4 is 0 Å². The molecule has 3 heteroatoms. The largest absolute Gasteiger partial charge is 0.389 e. The number of nitrogens with one attached hydrogen (secondary N) is 1. The van der Waals surface area contributed by atoms with Crippen LogP contribution in [-0.2, 0) is 11.3 Å². The van der Waals surface area contributed by atoms with E-state index in [1.165, 1.54) is 0 Å². The van der Waals surface area contributed by atoms with E-state index in [0.717, 1.165) is 5.56 Å². The summed E-state index contributed by atoms with van der Waals surface area (Å²) >= 11 is 0. The van der Waals surface area contributed by atoms with Gasteiger partial charge in [0.2, 0.25) is 0 Å². The van der Waals surface area contributed by atoms with Crippen molar-refractivity contribution in [3.8, 4) is 0 Å². The number of hydrogen-bond acceptors (Lipinski definition) is 3. The average Bonchev–Trinajstić information content (AvgIpc) is 2.28. The fourth-order valence-corrected chi connectivity index (χ4v) is 1.32. The molecule has 1 aromatic carbocycles. The predicted molar refractivity (Wildman–Crippen MR) is 65.2 cm³/mol. The Morgan fingerprint density at radius 3 is 2.56 bits per heavy atom. The molecule has 90 valence electrons. The summed E-state index contributed by atoms with van der Waals surface area (Å²) in [5.41, 5.74) is 1.13. The summed E-state index contributed by atoms with van der Waals surface area (Å²) in [6.45, 7) is 5.61. The predicted octanol–water partition coefficient (Wildman–Crippen LogP) is 1.56. The van der Waals surface area contributed by atoms with Crippen molar-refractivity contribution in [2.24, 2.45) is 0 Å². The van der Waals surface area contributed by atoms with E-state index in [2.05, 4.69) is 19.2 Å². The van der Waals surface area contributed by atoms with Crippen molar-refractivity contribution in [1.82, 2.24) is 5.32 Å². The maximum Gasteiger partial charge on any atom is 0.0897 e. The van der Waals surface area contributed by atoms with Gasteiger partial charge in [0.1, 0.15) is 0 Å². The number of benzene rings is 1. The molecular formula is C13H21NO2. The van der Waals surface area contributed by atoms with Gasteiger partial charge in [-0.2, -0.15) is 0 Å². The Labute approximate surface area is 97.4 Å². The molecule has 0 heterocycles. The van der Waals surface area contributed by atoms with E-state index >= 15 is 0 Å². The first-order valence-electron chi connectivity index (χ1n) is 5.71. The van der Waals surface area contributed by atoms with Crippen LogP contribution < -0.4 is 5.32 Å². The van der Waals surface area contributed by atoms with Gasteiger partial charge in [-0.3, -0.25) is 0 Å². The maximum atomic E-state index is 9.59. The molecule has 2 N–H and O–H groups in total. The second kappa shape index (κ2) is 7.39. The molecule has 0 fully saturated rings. The minimum Gasteiger partial charge on any atom is -0.389 e. The fraction of sp³-hybridized carbons (Fsp3) is 0.538. The number of ether oxygens (including phenoxy) is 1. The Hall–Kier alpha value is -0.900. The average molecular weight is 223 g/mol.